The Morgan fingerprint density at radius 3 is 2.96 bits per heavy atom. The van der Waals surface area contributed by atoms with Crippen molar-refractivity contribution in [2.24, 2.45) is 0 Å². The summed E-state index contributed by atoms with van der Waals surface area (Å²) in [5.74, 6) is 1.11. The molecule has 0 atom stereocenters. The van der Waals surface area contributed by atoms with Crippen molar-refractivity contribution in [3.8, 4) is 5.75 Å². The number of ether oxygens (including phenoxy) is 1. The summed E-state index contributed by atoms with van der Waals surface area (Å²) in [4.78, 5) is 13.5. The first kappa shape index (κ1) is 18.6. The number of nitrogens with one attached hydrogen (secondary N) is 1. The van der Waals surface area contributed by atoms with E-state index in [2.05, 4.69) is 28.6 Å². The van der Waals surface area contributed by atoms with Crippen LogP contribution in [-0.4, -0.2) is 28.0 Å². The Morgan fingerprint density at radius 2 is 2.07 bits per heavy atom. The van der Waals surface area contributed by atoms with Gasteiger partial charge in [0, 0.05) is 29.0 Å². The van der Waals surface area contributed by atoms with Crippen molar-refractivity contribution in [3.63, 3.8) is 0 Å². The minimum atomic E-state index is -0.0146. The van der Waals surface area contributed by atoms with Gasteiger partial charge in [0.05, 0.1) is 12.3 Å². The molecule has 0 saturated heterocycles. The van der Waals surface area contributed by atoms with Gasteiger partial charge >= 0.3 is 0 Å². The molecular formula is C22H23N3O2S. The number of benzene rings is 2. The molecule has 0 radical (unpaired) electrons. The highest BCUT2D eigenvalue weighted by Gasteiger charge is 2.12. The van der Waals surface area contributed by atoms with Crippen molar-refractivity contribution in [2.45, 2.75) is 30.7 Å². The van der Waals surface area contributed by atoms with Gasteiger partial charge in [-0.2, -0.15) is 5.10 Å². The molecule has 1 heterocycles. The third-order valence-electron chi connectivity index (χ3n) is 4.71. The number of fused-ring (bicyclic) bond motifs is 1. The van der Waals surface area contributed by atoms with Gasteiger partial charge in [0.1, 0.15) is 12.4 Å². The second-order valence-corrected chi connectivity index (χ2v) is 7.82. The van der Waals surface area contributed by atoms with Crippen LogP contribution in [0.1, 0.15) is 17.5 Å². The fourth-order valence-corrected chi connectivity index (χ4v) is 4.10. The number of thioether (sulfide) groups is 1. The Labute approximate surface area is 169 Å². The third-order valence-corrected chi connectivity index (χ3v) is 5.70. The van der Waals surface area contributed by atoms with Crippen LogP contribution in [0.2, 0.25) is 0 Å². The molecule has 0 unspecified atom stereocenters. The highest BCUT2D eigenvalue weighted by atomic mass is 32.2. The molecule has 1 aromatic heterocycles. The zero-order valence-corrected chi connectivity index (χ0v) is 16.5. The second-order valence-electron chi connectivity index (χ2n) is 6.77. The number of aromatic nitrogens is 2. The third kappa shape index (κ3) is 4.95. The minimum Gasteiger partial charge on any atom is -0.492 e. The zero-order valence-electron chi connectivity index (χ0n) is 15.6. The van der Waals surface area contributed by atoms with Crippen molar-refractivity contribution in [3.05, 3.63) is 72.1 Å². The molecule has 0 saturated carbocycles. The second kappa shape index (κ2) is 8.97. The van der Waals surface area contributed by atoms with Gasteiger partial charge in [-0.25, -0.2) is 0 Å². The number of anilines is 1. The Morgan fingerprint density at radius 1 is 1.14 bits per heavy atom. The van der Waals surface area contributed by atoms with Crippen molar-refractivity contribution in [1.82, 2.24) is 9.78 Å². The topological polar surface area (TPSA) is 56.1 Å². The lowest BCUT2D eigenvalue weighted by atomic mass is 10.1. The quantitative estimate of drug-likeness (QED) is 0.583. The predicted octanol–water partition coefficient (Wildman–Crippen LogP) is 4.18. The smallest absolute Gasteiger partial charge is 0.234 e. The molecule has 3 aromatic rings. The van der Waals surface area contributed by atoms with Crippen LogP contribution in [0.3, 0.4) is 0 Å². The lowest BCUT2D eigenvalue weighted by molar-refractivity contribution is -0.113. The molecule has 2 aromatic carbocycles. The summed E-state index contributed by atoms with van der Waals surface area (Å²) < 4.78 is 7.58. The first-order valence-corrected chi connectivity index (χ1v) is 10.5. The summed E-state index contributed by atoms with van der Waals surface area (Å²) in [6, 6.07) is 15.9. The van der Waals surface area contributed by atoms with Gasteiger partial charge in [0.2, 0.25) is 5.91 Å². The molecule has 1 aliphatic rings. The first-order valence-electron chi connectivity index (χ1n) is 9.51. The Bertz CT molecular complexity index is 941. The van der Waals surface area contributed by atoms with Gasteiger partial charge in [-0.3, -0.25) is 9.48 Å². The minimum absolute atomic E-state index is 0.0146. The van der Waals surface area contributed by atoms with Gasteiger partial charge in [0.15, 0.2) is 0 Å². The van der Waals surface area contributed by atoms with Crippen LogP contribution in [0.4, 0.5) is 5.69 Å². The van der Waals surface area contributed by atoms with Crippen LogP contribution in [0.5, 0.6) is 5.75 Å². The van der Waals surface area contributed by atoms with E-state index in [1.807, 2.05) is 41.2 Å². The number of carbonyl (C=O) groups is 1. The van der Waals surface area contributed by atoms with Gasteiger partial charge in [-0.15, -0.1) is 11.8 Å². The van der Waals surface area contributed by atoms with Crippen molar-refractivity contribution < 1.29 is 9.53 Å². The monoisotopic (exact) mass is 393 g/mol. The predicted molar refractivity (Wildman–Crippen MR) is 112 cm³/mol. The molecule has 144 valence electrons. The summed E-state index contributed by atoms with van der Waals surface area (Å²) in [6.45, 7) is 1.20. The lowest BCUT2D eigenvalue weighted by Crippen LogP contribution is -2.14. The van der Waals surface area contributed by atoms with E-state index in [4.69, 9.17) is 4.74 Å². The summed E-state index contributed by atoms with van der Waals surface area (Å²) in [5.41, 5.74) is 3.64. The number of amides is 1. The summed E-state index contributed by atoms with van der Waals surface area (Å²) in [6.07, 6.45) is 7.23. The molecule has 5 nitrogen and oxygen atoms in total. The van der Waals surface area contributed by atoms with E-state index in [-0.39, 0.29) is 5.91 Å². The molecule has 1 N–H and O–H groups in total. The summed E-state index contributed by atoms with van der Waals surface area (Å²) in [5, 5.41) is 7.10. The number of nitrogens with zero attached hydrogens (tertiary/aromatic N) is 2. The molecule has 1 aliphatic carbocycles. The van der Waals surface area contributed by atoms with Gasteiger partial charge < -0.3 is 10.1 Å². The van der Waals surface area contributed by atoms with Crippen LogP contribution < -0.4 is 10.1 Å². The van der Waals surface area contributed by atoms with Gasteiger partial charge in [-0.1, -0.05) is 12.1 Å². The molecule has 28 heavy (non-hydrogen) atoms. The maximum atomic E-state index is 12.3. The van der Waals surface area contributed by atoms with E-state index >= 15 is 0 Å². The highest BCUT2D eigenvalue weighted by molar-refractivity contribution is 8.00. The number of hydrogen-bond donors (Lipinski definition) is 1. The average Bonchev–Trinajstić information content (AvgIpc) is 3.38. The summed E-state index contributed by atoms with van der Waals surface area (Å²) in [7, 11) is 0. The number of carbonyl (C=O) groups excluding carboxylic acids is 1. The van der Waals surface area contributed by atoms with E-state index in [0.717, 1.165) is 22.8 Å². The SMILES string of the molecule is O=C(CSc1ccc2c(c1)CCC2)Nc1cccc(OCCn2cccn2)c1. The largest absolute Gasteiger partial charge is 0.492 e. The molecule has 0 aliphatic heterocycles. The molecule has 0 bridgehead atoms. The summed E-state index contributed by atoms with van der Waals surface area (Å²) >= 11 is 1.58. The number of rotatable bonds is 8. The van der Waals surface area contributed by atoms with Crippen molar-refractivity contribution in [1.29, 1.82) is 0 Å². The standard InChI is InChI=1S/C22H23N3O2S/c26-22(16-28-21-9-8-17-4-1-5-18(17)14-21)24-19-6-2-7-20(15-19)27-13-12-25-11-3-10-23-25/h2-3,6-11,14-15H,1,4-5,12-13,16H2,(H,24,26). The van der Waals surface area contributed by atoms with E-state index in [0.29, 0.717) is 18.9 Å². The molecule has 0 spiro atoms. The lowest BCUT2D eigenvalue weighted by Gasteiger charge is -2.10. The average molecular weight is 394 g/mol. The first-order chi connectivity index (χ1) is 13.8. The molecular weight excluding hydrogens is 370 g/mol. The normalized spacial score (nSPS) is 12.6. The fourth-order valence-electron chi connectivity index (χ4n) is 3.34. The van der Waals surface area contributed by atoms with Crippen LogP contribution in [0.15, 0.2) is 65.8 Å². The molecule has 0 fully saturated rings. The zero-order chi connectivity index (χ0) is 19.2. The van der Waals surface area contributed by atoms with Crippen LogP contribution in [-0.2, 0) is 24.2 Å². The van der Waals surface area contributed by atoms with E-state index < -0.39 is 0 Å². The van der Waals surface area contributed by atoms with E-state index in [9.17, 15) is 4.79 Å². The molecule has 1 amide bonds. The van der Waals surface area contributed by atoms with Crippen molar-refractivity contribution in [2.75, 3.05) is 17.7 Å². The van der Waals surface area contributed by atoms with Crippen molar-refractivity contribution >= 4 is 23.4 Å². The van der Waals surface area contributed by atoms with Crippen LogP contribution >= 0.6 is 11.8 Å². The van der Waals surface area contributed by atoms with Gasteiger partial charge in [0.25, 0.3) is 0 Å². The fraction of sp³-hybridized carbons (Fsp3) is 0.273. The van der Waals surface area contributed by atoms with Crippen LogP contribution in [0, 0.1) is 0 Å². The Hall–Kier alpha value is -2.73. The molecule has 6 heteroatoms. The highest BCUT2D eigenvalue weighted by Crippen LogP contribution is 2.27. The van der Waals surface area contributed by atoms with Gasteiger partial charge in [-0.05, 0) is 60.7 Å². The molecule has 4 rings (SSSR count). The van der Waals surface area contributed by atoms with E-state index in [1.54, 1.807) is 18.0 Å². The van der Waals surface area contributed by atoms with Crippen LogP contribution in [0.25, 0.3) is 0 Å². The number of hydrogen-bond acceptors (Lipinski definition) is 4. The Kier molecular flexibility index (Phi) is 5.97. The number of aryl methyl sites for hydroxylation is 2. The Balaban J connectivity index is 1.25. The maximum Gasteiger partial charge on any atom is 0.234 e. The maximum absolute atomic E-state index is 12.3. The van der Waals surface area contributed by atoms with E-state index in [1.165, 1.54) is 24.0 Å².